The molecule has 0 bridgehead atoms. The largest absolute Gasteiger partial charge is 0.497 e. The Hall–Kier alpha value is -4.20. The minimum atomic E-state index is -0.635. The van der Waals surface area contributed by atoms with Crippen LogP contribution >= 0.6 is 0 Å². The summed E-state index contributed by atoms with van der Waals surface area (Å²) in [6.45, 7) is -0.266. The number of halogens is 1. The highest BCUT2D eigenvalue weighted by atomic mass is 19.1. The Morgan fingerprint density at radius 1 is 1.00 bits per heavy atom. The fraction of sp³-hybridized carbons (Fsp3) is 0.222. The van der Waals surface area contributed by atoms with Crippen LogP contribution in [0.4, 0.5) is 4.39 Å². The summed E-state index contributed by atoms with van der Waals surface area (Å²) in [7, 11) is 4.64. The van der Waals surface area contributed by atoms with Crippen LogP contribution in [0.5, 0.6) is 11.5 Å². The van der Waals surface area contributed by atoms with Gasteiger partial charge in [0.25, 0.3) is 11.8 Å². The number of para-hydroxylation sites is 1. The molecule has 0 radical (unpaired) electrons. The Kier molecular flexibility index (Phi) is 7.10. The van der Waals surface area contributed by atoms with Crippen molar-refractivity contribution in [1.82, 2.24) is 9.91 Å². The number of hydrogen-bond acceptors (Lipinski definition) is 5. The molecule has 0 aromatic heterocycles. The van der Waals surface area contributed by atoms with Crippen molar-refractivity contribution in [3.8, 4) is 11.5 Å². The average molecular weight is 476 g/mol. The second-order valence-corrected chi connectivity index (χ2v) is 8.12. The van der Waals surface area contributed by atoms with Crippen LogP contribution in [0.2, 0.25) is 0 Å². The molecule has 1 unspecified atom stereocenters. The maximum absolute atomic E-state index is 14.1. The van der Waals surface area contributed by atoms with Crippen molar-refractivity contribution in [3.05, 3.63) is 95.3 Å². The minimum Gasteiger partial charge on any atom is -0.497 e. The monoisotopic (exact) mass is 475 g/mol. The summed E-state index contributed by atoms with van der Waals surface area (Å²) >= 11 is 0. The van der Waals surface area contributed by atoms with Crippen LogP contribution in [-0.4, -0.2) is 55.2 Å². The molecule has 7 nitrogen and oxygen atoms in total. The molecular formula is C27H26FN3O4. The Balaban J connectivity index is 1.63. The van der Waals surface area contributed by atoms with Crippen molar-refractivity contribution < 1.29 is 23.5 Å². The average Bonchev–Trinajstić information content (AvgIpc) is 3.34. The van der Waals surface area contributed by atoms with Crippen LogP contribution in [-0.2, 0) is 4.79 Å². The predicted octanol–water partition coefficient (Wildman–Crippen LogP) is 4.29. The molecule has 1 aliphatic rings. The third-order valence-corrected chi connectivity index (χ3v) is 5.91. The molecule has 3 aromatic rings. The van der Waals surface area contributed by atoms with Crippen LogP contribution in [0.25, 0.3) is 0 Å². The van der Waals surface area contributed by atoms with E-state index in [4.69, 9.17) is 9.47 Å². The summed E-state index contributed by atoms with van der Waals surface area (Å²) in [5.41, 5.74) is 2.29. The molecule has 1 aliphatic heterocycles. The molecule has 2 amide bonds. The Bertz CT molecular complexity index is 1260. The van der Waals surface area contributed by atoms with Gasteiger partial charge in [0.2, 0.25) is 0 Å². The van der Waals surface area contributed by atoms with E-state index >= 15 is 0 Å². The van der Waals surface area contributed by atoms with Gasteiger partial charge in [-0.2, -0.15) is 5.10 Å². The number of ether oxygens (including phenoxy) is 2. The predicted molar refractivity (Wildman–Crippen MR) is 130 cm³/mol. The van der Waals surface area contributed by atoms with E-state index in [1.165, 1.54) is 35.2 Å². The van der Waals surface area contributed by atoms with Gasteiger partial charge in [0, 0.05) is 19.0 Å². The SMILES string of the molecule is COc1ccc(C2=NN(C(=O)CN(C)C(=O)c3ccccc3F)C(c3ccccc3OC)C2)cc1. The van der Waals surface area contributed by atoms with Gasteiger partial charge in [0.15, 0.2) is 0 Å². The van der Waals surface area contributed by atoms with Gasteiger partial charge in [0.05, 0.1) is 31.5 Å². The maximum Gasteiger partial charge on any atom is 0.262 e. The third-order valence-electron chi connectivity index (χ3n) is 5.91. The summed E-state index contributed by atoms with van der Waals surface area (Å²) < 4.78 is 24.9. The number of carbonyl (C=O) groups is 2. The molecule has 8 heteroatoms. The molecular weight excluding hydrogens is 449 g/mol. The molecule has 0 fully saturated rings. The molecule has 3 aromatic carbocycles. The quantitative estimate of drug-likeness (QED) is 0.511. The van der Waals surface area contributed by atoms with E-state index in [1.807, 2.05) is 48.5 Å². The Morgan fingerprint density at radius 3 is 2.37 bits per heavy atom. The number of carbonyl (C=O) groups excluding carboxylic acids is 2. The van der Waals surface area contributed by atoms with Gasteiger partial charge in [-0.25, -0.2) is 9.40 Å². The molecule has 0 N–H and O–H groups in total. The lowest BCUT2D eigenvalue weighted by Crippen LogP contribution is -2.39. The number of nitrogens with zero attached hydrogens (tertiary/aromatic N) is 3. The second-order valence-electron chi connectivity index (χ2n) is 8.12. The van der Waals surface area contributed by atoms with E-state index < -0.39 is 23.7 Å². The highest BCUT2D eigenvalue weighted by Crippen LogP contribution is 2.37. The first-order valence-corrected chi connectivity index (χ1v) is 11.1. The van der Waals surface area contributed by atoms with Gasteiger partial charge < -0.3 is 14.4 Å². The highest BCUT2D eigenvalue weighted by molar-refractivity contribution is 6.04. The number of benzene rings is 3. The van der Waals surface area contributed by atoms with Gasteiger partial charge in [-0.15, -0.1) is 0 Å². The number of rotatable bonds is 7. The second kappa shape index (κ2) is 10.4. The third kappa shape index (κ3) is 5.01. The molecule has 0 spiro atoms. The molecule has 1 atom stereocenters. The highest BCUT2D eigenvalue weighted by Gasteiger charge is 2.35. The zero-order valence-electron chi connectivity index (χ0n) is 19.8. The number of amides is 2. The minimum absolute atomic E-state index is 0.0899. The van der Waals surface area contributed by atoms with Gasteiger partial charge >= 0.3 is 0 Å². The van der Waals surface area contributed by atoms with Gasteiger partial charge in [-0.3, -0.25) is 9.59 Å². The van der Waals surface area contributed by atoms with E-state index in [0.717, 1.165) is 22.6 Å². The zero-order chi connectivity index (χ0) is 24.9. The van der Waals surface area contributed by atoms with Gasteiger partial charge in [-0.05, 0) is 48.0 Å². The maximum atomic E-state index is 14.1. The van der Waals surface area contributed by atoms with E-state index in [1.54, 1.807) is 20.3 Å². The summed E-state index contributed by atoms with van der Waals surface area (Å²) in [5, 5.41) is 6.03. The summed E-state index contributed by atoms with van der Waals surface area (Å²) in [6.07, 6.45) is 0.462. The normalized spacial score (nSPS) is 14.9. The van der Waals surface area contributed by atoms with Crippen molar-refractivity contribution in [3.63, 3.8) is 0 Å². The number of methoxy groups -OCH3 is 2. The molecule has 0 saturated heterocycles. The first-order valence-electron chi connectivity index (χ1n) is 11.1. The zero-order valence-corrected chi connectivity index (χ0v) is 19.8. The molecule has 0 saturated carbocycles. The first-order chi connectivity index (χ1) is 16.9. The van der Waals surface area contributed by atoms with Gasteiger partial charge in [-0.1, -0.05) is 30.3 Å². The molecule has 180 valence electrons. The number of hydrazone groups is 1. The van der Waals surface area contributed by atoms with Gasteiger partial charge in [0.1, 0.15) is 23.9 Å². The van der Waals surface area contributed by atoms with Crippen LogP contribution in [0.1, 0.15) is 33.9 Å². The van der Waals surface area contributed by atoms with Crippen molar-refractivity contribution in [2.24, 2.45) is 5.10 Å². The fourth-order valence-electron chi connectivity index (χ4n) is 4.07. The van der Waals surface area contributed by atoms with E-state index in [2.05, 4.69) is 5.10 Å². The van der Waals surface area contributed by atoms with Crippen LogP contribution < -0.4 is 9.47 Å². The van der Waals surface area contributed by atoms with E-state index in [0.29, 0.717) is 12.2 Å². The lowest BCUT2D eigenvalue weighted by molar-refractivity contribution is -0.133. The van der Waals surface area contributed by atoms with E-state index in [-0.39, 0.29) is 12.1 Å². The first kappa shape index (κ1) is 23.9. The summed E-state index contributed by atoms with van der Waals surface area (Å²) in [6, 6.07) is 20.2. The molecule has 0 aliphatic carbocycles. The summed E-state index contributed by atoms with van der Waals surface area (Å²) in [5.74, 6) is -0.253. The summed E-state index contributed by atoms with van der Waals surface area (Å²) in [4.78, 5) is 27.4. The lowest BCUT2D eigenvalue weighted by atomic mass is 9.97. The molecule has 4 rings (SSSR count). The number of hydrogen-bond donors (Lipinski definition) is 0. The fourth-order valence-corrected chi connectivity index (χ4v) is 4.07. The van der Waals surface area contributed by atoms with Crippen molar-refractivity contribution in [1.29, 1.82) is 0 Å². The van der Waals surface area contributed by atoms with Crippen LogP contribution in [0.15, 0.2) is 77.9 Å². The molecule has 1 heterocycles. The van der Waals surface area contributed by atoms with Crippen molar-refractivity contribution >= 4 is 17.5 Å². The lowest BCUT2D eigenvalue weighted by Gasteiger charge is -2.26. The standard InChI is InChI=1S/C27H26FN3O4/c1-30(27(33)20-8-4-6-10-22(20)28)17-26(32)31-24(21-9-5-7-11-25(21)35-3)16-23(29-31)18-12-14-19(34-2)15-13-18/h4-15,24H,16-17H2,1-3H3. The van der Waals surface area contributed by atoms with Crippen molar-refractivity contribution in [2.45, 2.75) is 12.5 Å². The topological polar surface area (TPSA) is 71.4 Å². The van der Waals surface area contributed by atoms with Crippen molar-refractivity contribution in [2.75, 3.05) is 27.8 Å². The molecule has 35 heavy (non-hydrogen) atoms. The van der Waals surface area contributed by atoms with Crippen LogP contribution in [0, 0.1) is 5.82 Å². The smallest absolute Gasteiger partial charge is 0.262 e. The van der Waals surface area contributed by atoms with E-state index in [9.17, 15) is 14.0 Å². The number of likely N-dealkylation sites (N-methyl/N-ethyl adjacent to an activating group) is 1. The Morgan fingerprint density at radius 2 is 1.69 bits per heavy atom. The Labute approximate surface area is 203 Å². The van der Waals surface area contributed by atoms with Crippen LogP contribution in [0.3, 0.4) is 0 Å².